The highest BCUT2D eigenvalue weighted by Crippen LogP contribution is 2.18. The molecule has 3 rings (SSSR count). The second-order valence-corrected chi connectivity index (χ2v) is 5.54. The van der Waals surface area contributed by atoms with Crippen molar-refractivity contribution in [3.63, 3.8) is 0 Å². The largest absolute Gasteiger partial charge is 0.340 e. The van der Waals surface area contributed by atoms with Crippen molar-refractivity contribution in [3.8, 4) is 0 Å². The topological polar surface area (TPSA) is 54.0 Å². The average molecular weight is 357 g/mol. The van der Waals surface area contributed by atoms with Gasteiger partial charge in [0.1, 0.15) is 11.6 Å². The van der Waals surface area contributed by atoms with E-state index in [2.05, 4.69) is 15.6 Å². The smallest absolute Gasteiger partial charge is 0.228 e. The predicted octanol–water partition coefficient (Wildman–Crippen LogP) is 4.42. The number of halogens is 3. The number of nitrogens with zero attached hydrogens (tertiary/aromatic N) is 1. The molecule has 0 fully saturated rings. The van der Waals surface area contributed by atoms with Gasteiger partial charge in [0.2, 0.25) is 5.91 Å². The molecule has 1 heterocycles. The fourth-order valence-electron chi connectivity index (χ4n) is 2.30. The fourth-order valence-corrected chi connectivity index (χ4v) is 2.30. The second-order valence-electron chi connectivity index (χ2n) is 5.54. The van der Waals surface area contributed by atoms with E-state index < -0.39 is 17.5 Å². The van der Waals surface area contributed by atoms with Crippen LogP contribution in [-0.4, -0.2) is 10.9 Å². The molecule has 0 unspecified atom stereocenters. The van der Waals surface area contributed by atoms with Gasteiger partial charge in [-0.05, 0) is 42.0 Å². The molecule has 3 aromatic rings. The number of aromatic nitrogens is 1. The first-order valence-electron chi connectivity index (χ1n) is 7.72. The van der Waals surface area contributed by atoms with E-state index in [1.54, 1.807) is 18.2 Å². The summed E-state index contributed by atoms with van der Waals surface area (Å²) in [5.74, 6) is -2.20. The Bertz CT molecular complexity index is 930. The van der Waals surface area contributed by atoms with E-state index in [1.807, 2.05) is 0 Å². The fraction of sp³-hybridized carbons (Fsp3) is 0.0526. The third-order valence-corrected chi connectivity index (χ3v) is 3.49. The number of carbonyl (C=O) groups is 1. The summed E-state index contributed by atoms with van der Waals surface area (Å²) in [4.78, 5) is 16.1. The molecule has 0 spiro atoms. The standard InChI is InChI=1S/C19H14F3N3O/c20-13-3-1-2-12(8-13)9-19(26)25-15-5-7-18(23-11-15)24-14-4-6-16(21)17(22)10-14/h1-8,10-11H,9H2,(H,23,24)(H,25,26). The van der Waals surface area contributed by atoms with Crippen LogP contribution in [0.15, 0.2) is 60.8 Å². The number of hydrogen-bond donors (Lipinski definition) is 2. The Kier molecular flexibility index (Phi) is 5.17. The van der Waals surface area contributed by atoms with E-state index in [4.69, 9.17) is 0 Å². The number of hydrogen-bond acceptors (Lipinski definition) is 3. The van der Waals surface area contributed by atoms with Gasteiger partial charge >= 0.3 is 0 Å². The number of rotatable bonds is 5. The van der Waals surface area contributed by atoms with Gasteiger partial charge in [-0.3, -0.25) is 4.79 Å². The third-order valence-electron chi connectivity index (χ3n) is 3.49. The first-order chi connectivity index (χ1) is 12.5. The van der Waals surface area contributed by atoms with Crippen LogP contribution in [0.5, 0.6) is 0 Å². The van der Waals surface area contributed by atoms with Crippen molar-refractivity contribution >= 4 is 23.1 Å². The number of nitrogens with one attached hydrogen (secondary N) is 2. The minimum Gasteiger partial charge on any atom is -0.340 e. The maximum atomic E-state index is 13.2. The Morgan fingerprint density at radius 2 is 1.73 bits per heavy atom. The van der Waals surface area contributed by atoms with Gasteiger partial charge in [0.25, 0.3) is 0 Å². The lowest BCUT2D eigenvalue weighted by Crippen LogP contribution is -2.14. The van der Waals surface area contributed by atoms with Gasteiger partial charge in [-0.1, -0.05) is 12.1 Å². The summed E-state index contributed by atoms with van der Waals surface area (Å²) < 4.78 is 39.2. The van der Waals surface area contributed by atoms with Gasteiger partial charge in [0.15, 0.2) is 11.6 Å². The van der Waals surface area contributed by atoms with E-state index in [0.29, 0.717) is 22.8 Å². The van der Waals surface area contributed by atoms with Crippen molar-refractivity contribution in [1.82, 2.24) is 4.98 Å². The summed E-state index contributed by atoms with van der Waals surface area (Å²) in [6, 6.07) is 12.4. The molecule has 1 amide bonds. The van der Waals surface area contributed by atoms with E-state index in [0.717, 1.165) is 12.1 Å². The van der Waals surface area contributed by atoms with Gasteiger partial charge in [0, 0.05) is 11.8 Å². The molecule has 26 heavy (non-hydrogen) atoms. The van der Waals surface area contributed by atoms with Crippen molar-refractivity contribution in [2.75, 3.05) is 10.6 Å². The van der Waals surface area contributed by atoms with Gasteiger partial charge in [-0.2, -0.15) is 0 Å². The van der Waals surface area contributed by atoms with Crippen LogP contribution >= 0.6 is 0 Å². The quantitative estimate of drug-likeness (QED) is 0.711. The Morgan fingerprint density at radius 1 is 0.923 bits per heavy atom. The van der Waals surface area contributed by atoms with E-state index in [-0.39, 0.29) is 12.3 Å². The molecule has 0 saturated heterocycles. The number of carbonyl (C=O) groups excluding carboxylic acids is 1. The van der Waals surface area contributed by atoms with Crippen LogP contribution in [0.25, 0.3) is 0 Å². The monoisotopic (exact) mass is 357 g/mol. The zero-order valence-electron chi connectivity index (χ0n) is 13.5. The first-order valence-corrected chi connectivity index (χ1v) is 7.72. The van der Waals surface area contributed by atoms with Crippen LogP contribution in [0.2, 0.25) is 0 Å². The number of amides is 1. The molecule has 0 radical (unpaired) electrons. The molecule has 132 valence electrons. The Balaban J connectivity index is 1.60. The summed E-state index contributed by atoms with van der Waals surface area (Å²) in [5.41, 5.74) is 1.37. The van der Waals surface area contributed by atoms with Crippen LogP contribution in [0.1, 0.15) is 5.56 Å². The van der Waals surface area contributed by atoms with E-state index in [9.17, 15) is 18.0 Å². The van der Waals surface area contributed by atoms with E-state index >= 15 is 0 Å². The molecule has 0 saturated carbocycles. The number of anilines is 3. The summed E-state index contributed by atoms with van der Waals surface area (Å²) in [6.07, 6.45) is 1.46. The molecule has 0 aliphatic carbocycles. The molecule has 0 atom stereocenters. The van der Waals surface area contributed by atoms with Gasteiger partial charge in [-0.15, -0.1) is 0 Å². The van der Waals surface area contributed by atoms with Gasteiger partial charge in [-0.25, -0.2) is 18.2 Å². The lowest BCUT2D eigenvalue weighted by atomic mass is 10.1. The van der Waals surface area contributed by atoms with Crippen LogP contribution in [-0.2, 0) is 11.2 Å². The molecule has 0 aliphatic heterocycles. The highest BCUT2D eigenvalue weighted by molar-refractivity contribution is 5.92. The first kappa shape index (κ1) is 17.5. The van der Waals surface area contributed by atoms with Crippen LogP contribution in [0.4, 0.5) is 30.4 Å². The van der Waals surface area contributed by atoms with Crippen molar-refractivity contribution < 1.29 is 18.0 Å². The molecule has 0 bridgehead atoms. The highest BCUT2D eigenvalue weighted by Gasteiger charge is 2.07. The Morgan fingerprint density at radius 3 is 2.42 bits per heavy atom. The molecule has 0 aliphatic rings. The number of pyridine rings is 1. The van der Waals surface area contributed by atoms with Crippen molar-refractivity contribution in [1.29, 1.82) is 0 Å². The molecule has 2 N–H and O–H groups in total. The lowest BCUT2D eigenvalue weighted by molar-refractivity contribution is -0.115. The summed E-state index contributed by atoms with van der Waals surface area (Å²) in [6.45, 7) is 0. The molecule has 2 aromatic carbocycles. The van der Waals surface area contributed by atoms with Gasteiger partial charge in [0.05, 0.1) is 18.3 Å². The van der Waals surface area contributed by atoms with Crippen LogP contribution in [0, 0.1) is 17.5 Å². The SMILES string of the molecule is O=C(Cc1cccc(F)c1)Nc1ccc(Nc2ccc(F)c(F)c2)nc1. The van der Waals surface area contributed by atoms with E-state index in [1.165, 1.54) is 30.5 Å². The maximum absolute atomic E-state index is 13.2. The average Bonchev–Trinajstić information content (AvgIpc) is 2.60. The third kappa shape index (κ3) is 4.60. The molecular weight excluding hydrogens is 343 g/mol. The predicted molar refractivity (Wildman–Crippen MR) is 92.6 cm³/mol. The molecule has 1 aromatic heterocycles. The Labute approximate surface area is 147 Å². The maximum Gasteiger partial charge on any atom is 0.228 e. The Hall–Kier alpha value is -3.35. The highest BCUT2D eigenvalue weighted by atomic mass is 19.2. The van der Waals surface area contributed by atoms with Crippen molar-refractivity contribution in [2.45, 2.75) is 6.42 Å². The van der Waals surface area contributed by atoms with Crippen molar-refractivity contribution in [3.05, 3.63) is 83.8 Å². The van der Waals surface area contributed by atoms with Crippen molar-refractivity contribution in [2.24, 2.45) is 0 Å². The minimum absolute atomic E-state index is 0.0343. The van der Waals surface area contributed by atoms with Gasteiger partial charge < -0.3 is 10.6 Å². The minimum atomic E-state index is -0.962. The lowest BCUT2D eigenvalue weighted by Gasteiger charge is -2.08. The summed E-state index contributed by atoms with van der Waals surface area (Å²) >= 11 is 0. The normalized spacial score (nSPS) is 10.4. The summed E-state index contributed by atoms with van der Waals surface area (Å²) in [5, 5.41) is 5.48. The number of benzene rings is 2. The molecule has 7 heteroatoms. The zero-order valence-corrected chi connectivity index (χ0v) is 13.5. The molecular formula is C19H14F3N3O. The van der Waals surface area contributed by atoms with Crippen LogP contribution < -0.4 is 10.6 Å². The molecule has 4 nitrogen and oxygen atoms in total. The zero-order chi connectivity index (χ0) is 18.5. The van der Waals surface area contributed by atoms with Crippen LogP contribution in [0.3, 0.4) is 0 Å². The second kappa shape index (κ2) is 7.69. The summed E-state index contributed by atoms with van der Waals surface area (Å²) in [7, 11) is 0.